The summed E-state index contributed by atoms with van der Waals surface area (Å²) in [5, 5.41) is 11.3. The van der Waals surface area contributed by atoms with Gasteiger partial charge in [0.05, 0.1) is 0 Å². The van der Waals surface area contributed by atoms with Crippen LogP contribution in [0, 0.1) is 0 Å². The van der Waals surface area contributed by atoms with Crippen molar-refractivity contribution in [3.63, 3.8) is 0 Å². The van der Waals surface area contributed by atoms with Gasteiger partial charge in [0.25, 0.3) is 11.8 Å². The van der Waals surface area contributed by atoms with E-state index in [4.69, 9.17) is 0 Å². The second-order valence-electron chi connectivity index (χ2n) is 5.83. The first kappa shape index (κ1) is 13.2. The number of amides is 2. The number of rotatable bonds is 2. The summed E-state index contributed by atoms with van der Waals surface area (Å²) in [4.78, 5) is 26.8. The third-order valence-electron chi connectivity index (χ3n) is 4.40. The number of hydrogen-bond acceptors (Lipinski definition) is 3. The van der Waals surface area contributed by atoms with Crippen LogP contribution in [0.15, 0.2) is 54.6 Å². The third-order valence-corrected chi connectivity index (χ3v) is 4.40. The Bertz CT molecular complexity index is 767. The van der Waals surface area contributed by atoms with Crippen LogP contribution in [0.3, 0.4) is 0 Å². The van der Waals surface area contributed by atoms with Gasteiger partial charge >= 0.3 is 0 Å². The van der Waals surface area contributed by atoms with E-state index in [1.54, 1.807) is 48.5 Å². The number of carbonyl (C=O) groups excluding carboxylic acids is 2. The highest BCUT2D eigenvalue weighted by molar-refractivity contribution is 6.14. The van der Waals surface area contributed by atoms with Crippen molar-refractivity contribution in [1.82, 2.24) is 4.90 Å². The van der Waals surface area contributed by atoms with Gasteiger partial charge in [0, 0.05) is 17.2 Å². The fraction of sp³-hybridized carbons (Fsp3) is 0.222. The fourth-order valence-electron chi connectivity index (χ4n) is 3.12. The number of carbonyl (C=O) groups is 2. The van der Waals surface area contributed by atoms with Crippen LogP contribution in [0.1, 0.15) is 34.3 Å². The molecule has 0 radical (unpaired) electrons. The molecule has 1 fully saturated rings. The van der Waals surface area contributed by atoms with Gasteiger partial charge in [-0.15, -0.1) is 0 Å². The monoisotopic (exact) mass is 293 g/mol. The van der Waals surface area contributed by atoms with E-state index in [2.05, 4.69) is 0 Å². The Morgan fingerprint density at radius 1 is 0.955 bits per heavy atom. The van der Waals surface area contributed by atoms with E-state index in [9.17, 15) is 14.7 Å². The highest BCUT2D eigenvalue weighted by Crippen LogP contribution is 2.42. The molecule has 2 aliphatic rings. The lowest BCUT2D eigenvalue weighted by Gasteiger charge is -2.38. The van der Waals surface area contributed by atoms with Gasteiger partial charge in [-0.1, -0.05) is 48.5 Å². The lowest BCUT2D eigenvalue weighted by Crippen LogP contribution is -2.55. The van der Waals surface area contributed by atoms with E-state index in [1.807, 2.05) is 6.07 Å². The summed E-state index contributed by atoms with van der Waals surface area (Å²) in [6, 6.07) is 15.6. The van der Waals surface area contributed by atoms with Crippen molar-refractivity contribution < 1.29 is 14.7 Å². The van der Waals surface area contributed by atoms with Gasteiger partial charge in [-0.3, -0.25) is 14.5 Å². The highest BCUT2D eigenvalue weighted by Gasteiger charge is 2.54. The lowest BCUT2D eigenvalue weighted by molar-refractivity contribution is -0.146. The Labute approximate surface area is 128 Å². The highest BCUT2D eigenvalue weighted by atomic mass is 16.3. The maximum atomic E-state index is 13.0. The van der Waals surface area contributed by atoms with Gasteiger partial charge in [0.15, 0.2) is 5.60 Å². The molecular formula is C18H15NO3. The molecule has 1 unspecified atom stereocenters. The standard InChI is InChI=1S/C18H15NO3/c20-16-14-8-4-5-9-15(14)18(22,12-6-2-1-3-7-12)17(21)19(16)13-10-11-13/h1-9,13,22H,10-11H2. The van der Waals surface area contributed by atoms with Crippen molar-refractivity contribution in [1.29, 1.82) is 0 Å². The molecule has 0 bridgehead atoms. The predicted molar refractivity (Wildman–Crippen MR) is 80.1 cm³/mol. The van der Waals surface area contributed by atoms with Crippen LogP contribution in [0.5, 0.6) is 0 Å². The molecule has 2 aromatic carbocycles. The van der Waals surface area contributed by atoms with Crippen molar-refractivity contribution in [2.45, 2.75) is 24.5 Å². The van der Waals surface area contributed by atoms with E-state index < -0.39 is 11.5 Å². The molecule has 2 aromatic rings. The number of aliphatic hydroxyl groups is 1. The van der Waals surface area contributed by atoms with Crippen molar-refractivity contribution >= 4 is 11.8 Å². The van der Waals surface area contributed by atoms with Crippen molar-refractivity contribution in [3.8, 4) is 0 Å². The molecule has 4 heteroatoms. The molecule has 0 saturated heterocycles. The first-order valence-corrected chi connectivity index (χ1v) is 7.39. The molecule has 1 heterocycles. The van der Waals surface area contributed by atoms with Crippen LogP contribution < -0.4 is 0 Å². The van der Waals surface area contributed by atoms with Crippen LogP contribution in [-0.2, 0) is 10.4 Å². The normalized spacial score (nSPS) is 24.3. The summed E-state index contributed by atoms with van der Waals surface area (Å²) >= 11 is 0. The molecule has 2 amide bonds. The number of fused-ring (bicyclic) bond motifs is 1. The molecule has 1 atom stereocenters. The summed E-state index contributed by atoms with van der Waals surface area (Å²) in [7, 11) is 0. The number of nitrogens with zero attached hydrogens (tertiary/aromatic N) is 1. The van der Waals surface area contributed by atoms with Gasteiger partial charge in [-0.05, 0) is 24.5 Å². The Morgan fingerprint density at radius 3 is 2.27 bits per heavy atom. The summed E-state index contributed by atoms with van der Waals surface area (Å²) in [6.07, 6.45) is 1.62. The molecular weight excluding hydrogens is 278 g/mol. The van der Waals surface area contributed by atoms with Crippen LogP contribution in [0.4, 0.5) is 0 Å². The largest absolute Gasteiger partial charge is 0.372 e. The molecule has 110 valence electrons. The van der Waals surface area contributed by atoms with Crippen LogP contribution in [-0.4, -0.2) is 27.9 Å². The summed E-state index contributed by atoms with van der Waals surface area (Å²) in [6.45, 7) is 0. The van der Waals surface area contributed by atoms with Gasteiger partial charge < -0.3 is 5.11 Å². The van der Waals surface area contributed by atoms with Crippen LogP contribution in [0.25, 0.3) is 0 Å². The minimum absolute atomic E-state index is 0.0800. The van der Waals surface area contributed by atoms with E-state index in [1.165, 1.54) is 4.90 Å². The number of benzene rings is 2. The Hall–Kier alpha value is -2.46. The topological polar surface area (TPSA) is 57.6 Å². The number of hydrogen-bond donors (Lipinski definition) is 1. The lowest BCUT2D eigenvalue weighted by atomic mass is 9.79. The summed E-state index contributed by atoms with van der Waals surface area (Å²) in [5.74, 6) is -0.839. The quantitative estimate of drug-likeness (QED) is 0.862. The molecule has 1 saturated carbocycles. The van der Waals surface area contributed by atoms with Gasteiger partial charge in [-0.25, -0.2) is 0 Å². The van der Waals surface area contributed by atoms with Crippen LogP contribution in [0.2, 0.25) is 0 Å². The molecule has 1 N–H and O–H groups in total. The third kappa shape index (κ3) is 1.67. The SMILES string of the molecule is O=C1c2ccccc2C(O)(c2ccccc2)C(=O)N1C1CC1. The number of imide groups is 1. The van der Waals surface area contributed by atoms with Crippen LogP contribution >= 0.6 is 0 Å². The first-order valence-electron chi connectivity index (χ1n) is 7.39. The summed E-state index contributed by atoms with van der Waals surface area (Å²) in [5.41, 5.74) is -0.534. The van der Waals surface area contributed by atoms with E-state index >= 15 is 0 Å². The molecule has 0 spiro atoms. The van der Waals surface area contributed by atoms with Gasteiger partial charge in [0.2, 0.25) is 0 Å². The van der Waals surface area contributed by atoms with E-state index in [0.717, 1.165) is 12.8 Å². The van der Waals surface area contributed by atoms with E-state index in [-0.39, 0.29) is 11.9 Å². The second kappa shape index (κ2) is 4.52. The predicted octanol–water partition coefficient (Wildman–Crippen LogP) is 2.07. The molecule has 4 nitrogen and oxygen atoms in total. The minimum atomic E-state index is -1.80. The average molecular weight is 293 g/mol. The maximum absolute atomic E-state index is 13.0. The van der Waals surface area contributed by atoms with Gasteiger partial charge in [-0.2, -0.15) is 0 Å². The Kier molecular flexibility index (Phi) is 2.71. The molecule has 1 aliphatic carbocycles. The smallest absolute Gasteiger partial charge is 0.271 e. The zero-order valence-corrected chi connectivity index (χ0v) is 11.9. The van der Waals surface area contributed by atoms with Gasteiger partial charge in [0.1, 0.15) is 0 Å². The minimum Gasteiger partial charge on any atom is -0.372 e. The van der Waals surface area contributed by atoms with Crippen molar-refractivity contribution in [3.05, 3.63) is 71.3 Å². The molecule has 1 aliphatic heterocycles. The average Bonchev–Trinajstić information content (AvgIpc) is 3.39. The molecule has 4 rings (SSSR count). The van der Waals surface area contributed by atoms with Crippen molar-refractivity contribution in [2.75, 3.05) is 0 Å². The second-order valence-corrected chi connectivity index (χ2v) is 5.83. The zero-order chi connectivity index (χ0) is 15.3. The zero-order valence-electron chi connectivity index (χ0n) is 11.9. The summed E-state index contributed by atoms with van der Waals surface area (Å²) < 4.78 is 0. The van der Waals surface area contributed by atoms with E-state index in [0.29, 0.717) is 16.7 Å². The first-order chi connectivity index (χ1) is 10.6. The molecule has 0 aromatic heterocycles. The van der Waals surface area contributed by atoms with Crippen molar-refractivity contribution in [2.24, 2.45) is 0 Å². The Morgan fingerprint density at radius 2 is 1.59 bits per heavy atom. The molecule has 22 heavy (non-hydrogen) atoms. The maximum Gasteiger partial charge on any atom is 0.271 e. The fourth-order valence-corrected chi connectivity index (χ4v) is 3.12. The Balaban J connectivity index is 1.98.